The van der Waals surface area contributed by atoms with E-state index in [4.69, 9.17) is 13.9 Å². The minimum absolute atomic E-state index is 0.157. The van der Waals surface area contributed by atoms with Gasteiger partial charge < -0.3 is 19.2 Å². The Balaban J connectivity index is 2.54. The van der Waals surface area contributed by atoms with Gasteiger partial charge in [-0.05, 0) is 20.8 Å². The van der Waals surface area contributed by atoms with Gasteiger partial charge in [0.05, 0.1) is 12.2 Å². The largest absolute Gasteiger partial charge is 0.461 e. The zero-order valence-electron chi connectivity index (χ0n) is 10.6. The van der Waals surface area contributed by atoms with Gasteiger partial charge in [0.2, 0.25) is 0 Å². The molecule has 0 aliphatic rings. The highest BCUT2D eigenvalue weighted by atomic mass is 16.5. The Morgan fingerprint density at radius 3 is 2.88 bits per heavy atom. The zero-order valence-corrected chi connectivity index (χ0v) is 10.6. The molecule has 0 radical (unpaired) electrons. The van der Waals surface area contributed by atoms with Gasteiger partial charge in [-0.2, -0.15) is 4.98 Å². The van der Waals surface area contributed by atoms with E-state index in [0.717, 1.165) is 0 Å². The van der Waals surface area contributed by atoms with Crippen molar-refractivity contribution in [1.82, 2.24) is 4.98 Å². The van der Waals surface area contributed by atoms with Crippen LogP contribution in [0.15, 0.2) is 10.7 Å². The summed E-state index contributed by atoms with van der Waals surface area (Å²) in [6.07, 6.45) is 1.26. The summed E-state index contributed by atoms with van der Waals surface area (Å²) in [7, 11) is 1.63. The monoisotopic (exact) mass is 242 g/mol. The number of rotatable bonds is 6. The molecule has 0 atom stereocenters. The van der Waals surface area contributed by atoms with E-state index >= 15 is 0 Å². The lowest BCUT2D eigenvalue weighted by Crippen LogP contribution is -2.32. The number of nitrogens with one attached hydrogen (secondary N) is 1. The van der Waals surface area contributed by atoms with Gasteiger partial charge in [-0.25, -0.2) is 4.79 Å². The zero-order chi connectivity index (χ0) is 12.9. The van der Waals surface area contributed by atoms with E-state index in [2.05, 4.69) is 10.3 Å². The number of ether oxygens (including phenoxy) is 2. The van der Waals surface area contributed by atoms with E-state index in [1.54, 1.807) is 14.0 Å². The van der Waals surface area contributed by atoms with Crippen LogP contribution in [0.1, 0.15) is 31.3 Å². The number of aromatic nitrogens is 1. The number of hydrogen-bond donors (Lipinski definition) is 1. The van der Waals surface area contributed by atoms with Crippen molar-refractivity contribution in [2.75, 3.05) is 25.6 Å². The molecule has 0 bridgehead atoms. The number of anilines is 1. The van der Waals surface area contributed by atoms with E-state index in [-0.39, 0.29) is 17.3 Å². The summed E-state index contributed by atoms with van der Waals surface area (Å²) in [5.74, 6) is -0.490. The highest BCUT2D eigenvalue weighted by Crippen LogP contribution is 2.12. The lowest BCUT2D eigenvalue weighted by molar-refractivity contribution is 0.0339. The molecule has 96 valence electrons. The Labute approximate surface area is 100 Å². The Morgan fingerprint density at radius 2 is 2.29 bits per heavy atom. The molecule has 6 nitrogen and oxygen atoms in total. The van der Waals surface area contributed by atoms with Crippen LogP contribution in [-0.4, -0.2) is 36.8 Å². The number of carbonyl (C=O) groups is 1. The van der Waals surface area contributed by atoms with Crippen LogP contribution in [0.2, 0.25) is 0 Å². The molecule has 1 aromatic rings. The summed E-state index contributed by atoms with van der Waals surface area (Å²) in [5, 5.41) is 2.94. The average molecular weight is 242 g/mol. The Hall–Kier alpha value is -1.56. The summed E-state index contributed by atoms with van der Waals surface area (Å²) < 4.78 is 15.1. The van der Waals surface area contributed by atoms with E-state index in [9.17, 15) is 4.79 Å². The van der Waals surface area contributed by atoms with Crippen molar-refractivity contribution in [1.29, 1.82) is 0 Å². The third-order valence-electron chi connectivity index (χ3n) is 2.21. The molecule has 0 amide bonds. The Bertz CT molecular complexity index is 373. The smallest absolute Gasteiger partial charge is 0.360 e. The SMILES string of the molecule is CCOC(=O)c1coc(NCC(C)(C)OC)n1. The topological polar surface area (TPSA) is 73.6 Å². The molecule has 0 saturated carbocycles. The van der Waals surface area contributed by atoms with Crippen LogP contribution in [0.4, 0.5) is 6.01 Å². The van der Waals surface area contributed by atoms with Crippen molar-refractivity contribution >= 4 is 12.0 Å². The molecule has 0 aliphatic carbocycles. The predicted molar refractivity (Wildman–Crippen MR) is 62.0 cm³/mol. The second-order valence-corrected chi connectivity index (χ2v) is 4.08. The number of methoxy groups -OCH3 is 1. The van der Waals surface area contributed by atoms with Crippen molar-refractivity contribution in [2.45, 2.75) is 26.4 Å². The molecule has 17 heavy (non-hydrogen) atoms. The Kier molecular flexibility index (Phi) is 4.51. The minimum atomic E-state index is -0.490. The standard InChI is InChI=1S/C11H18N2O4/c1-5-16-9(14)8-6-17-10(13-8)12-7-11(2,3)15-4/h6H,5,7H2,1-4H3,(H,12,13). The third kappa shape index (κ3) is 4.07. The van der Waals surface area contributed by atoms with Crippen molar-refractivity contribution in [3.63, 3.8) is 0 Å². The molecule has 0 aromatic carbocycles. The molecule has 0 unspecified atom stereocenters. The molecule has 0 spiro atoms. The van der Waals surface area contributed by atoms with E-state index in [1.165, 1.54) is 6.26 Å². The van der Waals surface area contributed by atoms with Crippen molar-refractivity contribution in [3.05, 3.63) is 12.0 Å². The maximum atomic E-state index is 11.3. The molecule has 0 saturated heterocycles. The minimum Gasteiger partial charge on any atom is -0.461 e. The molecule has 6 heteroatoms. The van der Waals surface area contributed by atoms with Crippen LogP contribution in [0.3, 0.4) is 0 Å². The van der Waals surface area contributed by atoms with Gasteiger partial charge in [0, 0.05) is 13.7 Å². The molecular formula is C11H18N2O4. The first-order valence-corrected chi connectivity index (χ1v) is 5.40. The predicted octanol–water partition coefficient (Wildman–Crippen LogP) is 1.69. The molecule has 1 rings (SSSR count). The lowest BCUT2D eigenvalue weighted by atomic mass is 10.1. The van der Waals surface area contributed by atoms with E-state index in [1.807, 2.05) is 13.8 Å². The summed E-state index contributed by atoms with van der Waals surface area (Å²) >= 11 is 0. The van der Waals surface area contributed by atoms with Crippen LogP contribution in [0, 0.1) is 0 Å². The first kappa shape index (κ1) is 13.5. The number of carbonyl (C=O) groups excluding carboxylic acids is 1. The van der Waals surface area contributed by atoms with Crippen LogP contribution in [0.25, 0.3) is 0 Å². The summed E-state index contributed by atoms with van der Waals surface area (Å²) in [4.78, 5) is 15.3. The fraction of sp³-hybridized carbons (Fsp3) is 0.636. The van der Waals surface area contributed by atoms with Gasteiger partial charge in [-0.1, -0.05) is 0 Å². The highest BCUT2D eigenvalue weighted by molar-refractivity contribution is 5.87. The first-order valence-electron chi connectivity index (χ1n) is 5.40. The van der Waals surface area contributed by atoms with Gasteiger partial charge in [-0.15, -0.1) is 0 Å². The maximum absolute atomic E-state index is 11.3. The quantitative estimate of drug-likeness (QED) is 0.765. The number of oxazole rings is 1. The fourth-order valence-electron chi connectivity index (χ4n) is 1.01. The van der Waals surface area contributed by atoms with Crippen LogP contribution in [0.5, 0.6) is 0 Å². The number of nitrogens with zero attached hydrogens (tertiary/aromatic N) is 1. The van der Waals surface area contributed by atoms with Crippen LogP contribution >= 0.6 is 0 Å². The summed E-state index contributed by atoms with van der Waals surface area (Å²) in [6.45, 7) is 6.42. The molecular weight excluding hydrogens is 224 g/mol. The van der Waals surface area contributed by atoms with Gasteiger partial charge in [0.15, 0.2) is 5.69 Å². The second-order valence-electron chi connectivity index (χ2n) is 4.08. The van der Waals surface area contributed by atoms with Crippen molar-refractivity contribution in [3.8, 4) is 0 Å². The summed E-state index contributed by atoms with van der Waals surface area (Å²) in [6, 6.07) is 0.276. The lowest BCUT2D eigenvalue weighted by Gasteiger charge is -2.22. The maximum Gasteiger partial charge on any atom is 0.360 e. The summed E-state index contributed by atoms with van der Waals surface area (Å²) in [5.41, 5.74) is -0.178. The van der Waals surface area contributed by atoms with Crippen LogP contribution < -0.4 is 5.32 Å². The fourth-order valence-corrected chi connectivity index (χ4v) is 1.01. The van der Waals surface area contributed by atoms with Crippen molar-refractivity contribution in [2.24, 2.45) is 0 Å². The third-order valence-corrected chi connectivity index (χ3v) is 2.21. The van der Waals surface area contributed by atoms with Gasteiger partial charge in [-0.3, -0.25) is 0 Å². The van der Waals surface area contributed by atoms with E-state index < -0.39 is 5.97 Å². The highest BCUT2D eigenvalue weighted by Gasteiger charge is 2.18. The van der Waals surface area contributed by atoms with E-state index in [0.29, 0.717) is 13.2 Å². The normalized spacial score (nSPS) is 11.3. The van der Waals surface area contributed by atoms with Gasteiger partial charge in [0.1, 0.15) is 6.26 Å². The van der Waals surface area contributed by atoms with Gasteiger partial charge in [0.25, 0.3) is 6.01 Å². The molecule has 1 N–H and O–H groups in total. The van der Waals surface area contributed by atoms with Gasteiger partial charge >= 0.3 is 5.97 Å². The molecule has 0 aliphatic heterocycles. The first-order chi connectivity index (χ1) is 7.98. The van der Waals surface area contributed by atoms with Crippen LogP contribution in [-0.2, 0) is 9.47 Å². The number of hydrogen-bond acceptors (Lipinski definition) is 6. The Morgan fingerprint density at radius 1 is 1.59 bits per heavy atom. The molecule has 1 aromatic heterocycles. The second kappa shape index (κ2) is 5.67. The number of esters is 1. The molecule has 0 fully saturated rings. The van der Waals surface area contributed by atoms with Crippen molar-refractivity contribution < 1.29 is 18.7 Å². The molecule has 1 heterocycles. The average Bonchev–Trinajstić information content (AvgIpc) is 2.76.